The Kier molecular flexibility index (Phi) is 27.4. The third-order valence-electron chi connectivity index (χ3n) is 6.67. The van der Waals surface area contributed by atoms with Crippen molar-refractivity contribution in [2.24, 2.45) is 11.5 Å². The highest BCUT2D eigenvalue weighted by atomic mass is 19.4. The van der Waals surface area contributed by atoms with Gasteiger partial charge in [-0.05, 0) is 52.9 Å². The third-order valence-corrected chi connectivity index (χ3v) is 6.67. The average Bonchev–Trinajstić information content (AvgIpc) is 3.79. The number of methoxy groups -OCH3 is 2. The van der Waals surface area contributed by atoms with Crippen LogP contribution in [0.1, 0.15) is 72.6 Å². The summed E-state index contributed by atoms with van der Waals surface area (Å²) in [4.78, 5) is 111. The van der Waals surface area contributed by atoms with Crippen molar-refractivity contribution in [1.82, 2.24) is 20.0 Å². The molecule has 0 saturated carbocycles. The number of esters is 1. The molecule has 3 aliphatic rings. The van der Waals surface area contributed by atoms with Gasteiger partial charge in [0.1, 0.15) is 5.60 Å². The predicted octanol–water partition coefficient (Wildman–Crippen LogP) is 1.90. The van der Waals surface area contributed by atoms with Gasteiger partial charge in [-0.1, -0.05) is 13.3 Å². The van der Waals surface area contributed by atoms with Crippen LogP contribution in [0.15, 0.2) is 36.5 Å². The van der Waals surface area contributed by atoms with Crippen LogP contribution in [0.5, 0.6) is 0 Å². The van der Waals surface area contributed by atoms with Gasteiger partial charge in [0.2, 0.25) is 0 Å². The molecule has 9 amide bonds. The number of hydrogen-bond acceptors (Lipinski definition) is 15. The molecule has 0 saturated heterocycles. The molecule has 3 heterocycles. The molecule has 59 heavy (non-hydrogen) atoms. The second kappa shape index (κ2) is 29.3. The molecule has 0 unspecified atom stereocenters. The van der Waals surface area contributed by atoms with E-state index in [2.05, 4.69) is 22.1 Å². The molecule has 3 aliphatic heterocycles. The molecule has 20 nitrogen and oxygen atoms in total. The zero-order chi connectivity index (χ0) is 45.8. The smallest absolute Gasteiger partial charge is 0.460 e. The fraction of sp³-hybridized carbons (Fsp3) is 0.556. The van der Waals surface area contributed by atoms with E-state index in [0.29, 0.717) is 43.9 Å². The predicted molar refractivity (Wildman–Crippen MR) is 200 cm³/mol. The summed E-state index contributed by atoms with van der Waals surface area (Å²) in [7, 11) is 2.32. The highest BCUT2D eigenvalue weighted by Gasteiger charge is 2.38. The van der Waals surface area contributed by atoms with Crippen molar-refractivity contribution in [3.63, 3.8) is 0 Å². The van der Waals surface area contributed by atoms with Gasteiger partial charge in [-0.3, -0.25) is 48.2 Å². The average molecular weight is 851 g/mol. The SMILES string of the molecule is CC(C)(C)OC(=O)CCCCCN1C(=O)C=CC1=O.CCCOCN.COC(=O)N1C(=O)C=CC1=O.COC(N)=O.O=C1C=CC(=O)N1CCCCNC(=O)C(F)(F)F. The van der Waals surface area contributed by atoms with E-state index in [0.717, 1.165) is 55.8 Å². The number of imide groups is 5. The van der Waals surface area contributed by atoms with E-state index in [9.17, 15) is 61.1 Å². The molecule has 0 spiro atoms. The molecule has 0 radical (unpaired) electrons. The van der Waals surface area contributed by atoms with Gasteiger partial charge in [-0.15, -0.1) is 0 Å². The van der Waals surface area contributed by atoms with Crippen molar-refractivity contribution in [2.75, 3.05) is 47.2 Å². The number of ether oxygens (including phenoxy) is 4. The number of nitrogens with two attached hydrogens (primary N) is 2. The summed E-state index contributed by atoms with van der Waals surface area (Å²) >= 11 is 0. The number of halogens is 3. The Morgan fingerprint density at radius 2 is 1.12 bits per heavy atom. The number of nitrogens with zero attached hydrogens (tertiary/aromatic N) is 3. The number of hydrogen-bond donors (Lipinski definition) is 3. The Bertz CT molecular complexity index is 1500. The first kappa shape index (κ1) is 55.1. The maximum Gasteiger partial charge on any atom is 0.471 e. The van der Waals surface area contributed by atoms with Crippen LogP contribution in [0.3, 0.4) is 0 Å². The third kappa shape index (κ3) is 25.8. The van der Waals surface area contributed by atoms with Crippen LogP contribution in [0.4, 0.5) is 22.8 Å². The highest BCUT2D eigenvalue weighted by molar-refractivity contribution is 6.21. The second-order valence-corrected chi connectivity index (χ2v) is 12.6. The van der Waals surface area contributed by atoms with Gasteiger partial charge < -0.3 is 35.7 Å². The molecule has 23 heteroatoms. The number of rotatable bonds is 14. The van der Waals surface area contributed by atoms with Crippen molar-refractivity contribution >= 4 is 59.5 Å². The van der Waals surface area contributed by atoms with Gasteiger partial charge in [0.15, 0.2) is 0 Å². The minimum atomic E-state index is -4.88. The van der Waals surface area contributed by atoms with Crippen molar-refractivity contribution < 1.29 is 80.1 Å². The van der Waals surface area contributed by atoms with Crippen LogP contribution in [0.2, 0.25) is 0 Å². The Morgan fingerprint density at radius 3 is 1.46 bits per heavy atom. The summed E-state index contributed by atoms with van der Waals surface area (Å²) in [5, 5.41) is 1.70. The first-order valence-corrected chi connectivity index (χ1v) is 17.9. The van der Waals surface area contributed by atoms with E-state index < -0.39 is 53.5 Å². The number of carbonyl (C=O) groups is 10. The van der Waals surface area contributed by atoms with Crippen molar-refractivity contribution in [1.29, 1.82) is 0 Å². The molecule has 0 bridgehead atoms. The van der Waals surface area contributed by atoms with Crippen molar-refractivity contribution in [2.45, 2.75) is 84.4 Å². The second-order valence-electron chi connectivity index (χ2n) is 12.6. The van der Waals surface area contributed by atoms with E-state index in [1.807, 2.05) is 20.8 Å². The van der Waals surface area contributed by atoms with Crippen LogP contribution in [-0.2, 0) is 57.3 Å². The number of unbranched alkanes of at least 4 members (excludes halogenated alkanes) is 3. The summed E-state index contributed by atoms with van der Waals surface area (Å²) in [5.74, 6) is -4.89. The minimum Gasteiger partial charge on any atom is -0.460 e. The zero-order valence-corrected chi connectivity index (χ0v) is 33.8. The van der Waals surface area contributed by atoms with Gasteiger partial charge in [0.25, 0.3) is 35.4 Å². The standard InChI is InChI=1S/C14H21NO4.C10H11F3N2O3.C6H5NO4.C4H11NO.C2H5NO2/c1-14(2,3)19-13(18)7-5-4-6-10-15-11(16)8-9-12(15)17;11-10(12,13)9(18)14-5-1-2-6-15-7(16)3-4-8(15)17;1-11-6(10)7-4(8)2-3-5(7)9;1-2-3-6-4-5;1-5-2(3)4/h8-9H,4-7,10H2,1-3H3;3-4H,1-2,5-6H2,(H,14,18);2-3H,1H3;2-5H2,1H3;1H3,(H2,3,4). The number of alkyl halides is 3. The fourth-order valence-electron chi connectivity index (χ4n) is 4.01. The van der Waals surface area contributed by atoms with Crippen LogP contribution in [0.25, 0.3) is 0 Å². The van der Waals surface area contributed by atoms with E-state index in [1.165, 1.54) is 24.2 Å². The Morgan fingerprint density at radius 1 is 0.695 bits per heavy atom. The number of amides is 9. The molecule has 3 rings (SSSR count). The fourth-order valence-corrected chi connectivity index (χ4v) is 4.01. The van der Waals surface area contributed by atoms with Gasteiger partial charge in [0, 0.05) is 69.1 Å². The van der Waals surface area contributed by atoms with Gasteiger partial charge in [0.05, 0.1) is 21.0 Å². The van der Waals surface area contributed by atoms with E-state index in [1.54, 1.807) is 5.32 Å². The highest BCUT2D eigenvalue weighted by Crippen LogP contribution is 2.14. The maximum atomic E-state index is 11.8. The van der Waals surface area contributed by atoms with Crippen LogP contribution < -0.4 is 16.8 Å². The lowest BCUT2D eigenvalue weighted by molar-refractivity contribution is -0.173. The summed E-state index contributed by atoms with van der Waals surface area (Å²) < 4.78 is 53.4. The molecule has 5 N–H and O–H groups in total. The molecule has 0 aromatic rings. The first-order valence-electron chi connectivity index (χ1n) is 17.9. The number of nitrogens with one attached hydrogen (secondary N) is 1. The van der Waals surface area contributed by atoms with Crippen LogP contribution >= 0.6 is 0 Å². The Labute approximate surface area is 339 Å². The largest absolute Gasteiger partial charge is 0.471 e. The number of primary amides is 1. The molecule has 0 aliphatic carbocycles. The molecular weight excluding hydrogens is 797 g/mol. The molecule has 332 valence electrons. The lowest BCUT2D eigenvalue weighted by atomic mass is 10.1. The van der Waals surface area contributed by atoms with Gasteiger partial charge in [-0.25, -0.2) is 9.59 Å². The zero-order valence-electron chi connectivity index (χ0n) is 33.8. The summed E-state index contributed by atoms with van der Waals surface area (Å²) in [6.45, 7) is 9.10. The first-order chi connectivity index (χ1) is 27.5. The van der Waals surface area contributed by atoms with Crippen molar-refractivity contribution in [3.05, 3.63) is 36.5 Å². The van der Waals surface area contributed by atoms with E-state index >= 15 is 0 Å². The molecule has 0 aromatic carbocycles. The van der Waals surface area contributed by atoms with Gasteiger partial charge in [-0.2, -0.15) is 18.1 Å². The summed E-state index contributed by atoms with van der Waals surface area (Å²) in [6.07, 6.45) is 4.48. The van der Waals surface area contributed by atoms with E-state index in [4.69, 9.17) is 15.2 Å². The maximum absolute atomic E-state index is 11.8. The minimum absolute atomic E-state index is 0.132. The van der Waals surface area contributed by atoms with E-state index in [-0.39, 0.29) is 37.3 Å². The normalized spacial score (nSPS) is 14.0. The lowest BCUT2D eigenvalue weighted by Crippen LogP contribution is -2.37. The number of carbonyl (C=O) groups excluding carboxylic acids is 10. The molecule has 0 atom stereocenters. The summed E-state index contributed by atoms with van der Waals surface area (Å²) in [5.41, 5.74) is 8.98. The lowest BCUT2D eigenvalue weighted by Gasteiger charge is -2.19. The topological polar surface area (TPSA) is 281 Å². The molecular formula is C36H53F3N6O14. The summed E-state index contributed by atoms with van der Waals surface area (Å²) in [6, 6.07) is 0. The van der Waals surface area contributed by atoms with Crippen LogP contribution in [-0.4, -0.2) is 133 Å². The van der Waals surface area contributed by atoms with Crippen molar-refractivity contribution in [3.8, 4) is 0 Å². The monoisotopic (exact) mass is 850 g/mol. The molecule has 0 fully saturated rings. The molecule has 0 aromatic heterocycles. The Balaban J connectivity index is 0. The van der Waals surface area contributed by atoms with Crippen LogP contribution in [0, 0.1) is 0 Å². The Hall–Kier alpha value is -5.97. The quantitative estimate of drug-likeness (QED) is 0.0740. The van der Waals surface area contributed by atoms with Gasteiger partial charge >= 0.3 is 30.2 Å².